The SMILES string of the molecule is CCOC(=O)c1cc2c(C)c(C)nnc2s1. The predicted octanol–water partition coefficient (Wildman–Crippen LogP) is 2.48. The third-order valence-corrected chi connectivity index (χ3v) is 3.43. The fourth-order valence-electron chi connectivity index (χ4n) is 1.42. The van der Waals surface area contributed by atoms with E-state index in [0.717, 1.165) is 21.5 Å². The lowest BCUT2D eigenvalue weighted by Gasteiger charge is -1.97. The molecule has 0 bridgehead atoms. The second kappa shape index (κ2) is 4.17. The number of ether oxygens (including phenoxy) is 1. The van der Waals surface area contributed by atoms with Gasteiger partial charge in [-0.15, -0.1) is 16.4 Å². The van der Waals surface area contributed by atoms with Gasteiger partial charge in [0.1, 0.15) is 9.71 Å². The molecule has 84 valence electrons. The molecule has 0 atom stereocenters. The Bertz CT molecular complexity index is 548. The molecule has 5 heteroatoms. The highest BCUT2D eigenvalue weighted by Crippen LogP contribution is 2.27. The maximum absolute atomic E-state index is 11.6. The van der Waals surface area contributed by atoms with E-state index in [1.165, 1.54) is 11.3 Å². The van der Waals surface area contributed by atoms with Crippen molar-refractivity contribution < 1.29 is 9.53 Å². The summed E-state index contributed by atoms with van der Waals surface area (Å²) < 4.78 is 4.95. The number of hydrogen-bond acceptors (Lipinski definition) is 5. The van der Waals surface area contributed by atoms with Gasteiger partial charge in [0, 0.05) is 5.39 Å². The summed E-state index contributed by atoms with van der Waals surface area (Å²) in [7, 11) is 0. The molecule has 0 amide bonds. The quantitative estimate of drug-likeness (QED) is 0.752. The Labute approximate surface area is 97.3 Å². The number of hydrogen-bond donors (Lipinski definition) is 0. The molecule has 0 N–H and O–H groups in total. The zero-order chi connectivity index (χ0) is 11.7. The summed E-state index contributed by atoms with van der Waals surface area (Å²) in [6, 6.07) is 1.83. The smallest absolute Gasteiger partial charge is 0.348 e. The van der Waals surface area contributed by atoms with E-state index in [9.17, 15) is 4.79 Å². The molecule has 16 heavy (non-hydrogen) atoms. The van der Waals surface area contributed by atoms with Crippen molar-refractivity contribution >= 4 is 27.5 Å². The Morgan fingerprint density at radius 3 is 2.88 bits per heavy atom. The van der Waals surface area contributed by atoms with Crippen molar-refractivity contribution in [3.8, 4) is 0 Å². The van der Waals surface area contributed by atoms with Crippen LogP contribution < -0.4 is 0 Å². The van der Waals surface area contributed by atoms with E-state index in [2.05, 4.69) is 10.2 Å². The highest BCUT2D eigenvalue weighted by atomic mass is 32.1. The van der Waals surface area contributed by atoms with Gasteiger partial charge in [-0.1, -0.05) is 0 Å². The number of fused-ring (bicyclic) bond motifs is 1. The number of aromatic nitrogens is 2. The van der Waals surface area contributed by atoms with Crippen LogP contribution in [0.2, 0.25) is 0 Å². The van der Waals surface area contributed by atoms with Crippen molar-refractivity contribution in [3.05, 3.63) is 22.2 Å². The third kappa shape index (κ3) is 1.78. The van der Waals surface area contributed by atoms with E-state index in [1.807, 2.05) is 19.9 Å². The van der Waals surface area contributed by atoms with E-state index < -0.39 is 0 Å². The average molecular weight is 236 g/mol. The number of rotatable bonds is 2. The molecule has 2 aromatic rings. The van der Waals surface area contributed by atoms with Crippen molar-refractivity contribution in [2.24, 2.45) is 0 Å². The Hall–Kier alpha value is -1.49. The number of carbonyl (C=O) groups excluding carboxylic acids is 1. The van der Waals surface area contributed by atoms with E-state index in [4.69, 9.17) is 4.74 Å². The summed E-state index contributed by atoms with van der Waals surface area (Å²) in [4.78, 5) is 12.9. The van der Waals surface area contributed by atoms with Crippen LogP contribution in [0.1, 0.15) is 27.9 Å². The molecule has 0 radical (unpaired) electrons. The van der Waals surface area contributed by atoms with Gasteiger partial charge in [0.15, 0.2) is 0 Å². The van der Waals surface area contributed by atoms with Crippen LogP contribution in [-0.2, 0) is 4.74 Å². The van der Waals surface area contributed by atoms with Gasteiger partial charge in [0.2, 0.25) is 0 Å². The molecule has 4 nitrogen and oxygen atoms in total. The van der Waals surface area contributed by atoms with Crippen LogP contribution in [-0.4, -0.2) is 22.8 Å². The molecule has 0 saturated heterocycles. The van der Waals surface area contributed by atoms with E-state index in [0.29, 0.717) is 11.5 Å². The number of carbonyl (C=O) groups is 1. The molecule has 0 aromatic carbocycles. The second-order valence-electron chi connectivity index (χ2n) is 3.46. The normalized spacial score (nSPS) is 10.7. The number of thiophene rings is 1. The largest absolute Gasteiger partial charge is 0.462 e. The van der Waals surface area contributed by atoms with Crippen LogP contribution in [0.4, 0.5) is 0 Å². The fourth-order valence-corrected chi connectivity index (χ4v) is 2.35. The minimum atomic E-state index is -0.289. The summed E-state index contributed by atoms with van der Waals surface area (Å²) in [5, 5.41) is 9.09. The molecule has 0 aliphatic rings. The van der Waals surface area contributed by atoms with Gasteiger partial charge in [-0.3, -0.25) is 0 Å². The maximum Gasteiger partial charge on any atom is 0.348 e. The Balaban J connectivity index is 2.52. The summed E-state index contributed by atoms with van der Waals surface area (Å²) in [6.45, 7) is 6.06. The maximum atomic E-state index is 11.6. The molecule has 0 aliphatic carbocycles. The Morgan fingerprint density at radius 2 is 2.19 bits per heavy atom. The van der Waals surface area contributed by atoms with Crippen molar-refractivity contribution in [3.63, 3.8) is 0 Å². The molecule has 0 aliphatic heterocycles. The third-order valence-electron chi connectivity index (χ3n) is 2.43. The van der Waals surface area contributed by atoms with E-state index in [-0.39, 0.29) is 5.97 Å². The summed E-state index contributed by atoms with van der Waals surface area (Å²) in [5.41, 5.74) is 1.96. The first-order valence-corrected chi connectivity index (χ1v) is 5.85. The monoisotopic (exact) mass is 236 g/mol. The van der Waals surface area contributed by atoms with Gasteiger partial charge in [0.05, 0.1) is 12.3 Å². The Morgan fingerprint density at radius 1 is 1.44 bits per heavy atom. The molecule has 0 fully saturated rings. The van der Waals surface area contributed by atoms with E-state index >= 15 is 0 Å². The van der Waals surface area contributed by atoms with Crippen LogP contribution in [0.3, 0.4) is 0 Å². The summed E-state index contributed by atoms with van der Waals surface area (Å²) in [6.07, 6.45) is 0. The van der Waals surface area contributed by atoms with Crippen molar-refractivity contribution in [2.75, 3.05) is 6.61 Å². The highest BCUT2D eigenvalue weighted by Gasteiger charge is 2.14. The molecular weight excluding hydrogens is 224 g/mol. The molecular formula is C11H12N2O2S. The van der Waals surface area contributed by atoms with Gasteiger partial charge in [0.25, 0.3) is 0 Å². The topological polar surface area (TPSA) is 52.1 Å². The molecule has 0 saturated carbocycles. The molecule has 0 spiro atoms. The first kappa shape index (κ1) is 11.0. The van der Waals surface area contributed by atoms with Gasteiger partial charge >= 0.3 is 5.97 Å². The number of esters is 1. The first-order chi connectivity index (χ1) is 7.63. The molecule has 2 heterocycles. The first-order valence-electron chi connectivity index (χ1n) is 5.04. The molecule has 0 unspecified atom stereocenters. The predicted molar refractivity (Wildman–Crippen MR) is 62.8 cm³/mol. The van der Waals surface area contributed by atoms with Crippen LogP contribution in [0.25, 0.3) is 10.2 Å². The highest BCUT2D eigenvalue weighted by molar-refractivity contribution is 7.20. The van der Waals surface area contributed by atoms with Crippen LogP contribution >= 0.6 is 11.3 Å². The van der Waals surface area contributed by atoms with Crippen molar-refractivity contribution in [1.82, 2.24) is 10.2 Å². The van der Waals surface area contributed by atoms with Crippen LogP contribution in [0, 0.1) is 13.8 Å². The molecule has 2 aromatic heterocycles. The number of aryl methyl sites for hydroxylation is 2. The lowest BCUT2D eigenvalue weighted by Crippen LogP contribution is -2.01. The standard InChI is InChI=1S/C11H12N2O2S/c1-4-15-11(14)9-5-8-6(2)7(3)12-13-10(8)16-9/h5H,4H2,1-3H3. The van der Waals surface area contributed by atoms with Gasteiger partial charge in [-0.2, -0.15) is 5.10 Å². The van der Waals surface area contributed by atoms with E-state index in [1.54, 1.807) is 6.92 Å². The minimum absolute atomic E-state index is 0.289. The molecule has 2 rings (SSSR count). The summed E-state index contributed by atoms with van der Waals surface area (Å²) in [5.74, 6) is -0.289. The van der Waals surface area contributed by atoms with Crippen LogP contribution in [0.15, 0.2) is 6.07 Å². The van der Waals surface area contributed by atoms with Gasteiger partial charge in [-0.05, 0) is 32.4 Å². The van der Waals surface area contributed by atoms with Crippen molar-refractivity contribution in [2.45, 2.75) is 20.8 Å². The zero-order valence-electron chi connectivity index (χ0n) is 9.40. The minimum Gasteiger partial charge on any atom is -0.462 e. The lowest BCUT2D eigenvalue weighted by atomic mass is 10.2. The lowest BCUT2D eigenvalue weighted by molar-refractivity contribution is 0.0532. The summed E-state index contributed by atoms with van der Waals surface area (Å²) >= 11 is 1.32. The average Bonchev–Trinajstić information content (AvgIpc) is 2.69. The van der Waals surface area contributed by atoms with Gasteiger partial charge in [-0.25, -0.2) is 4.79 Å². The Kier molecular flexibility index (Phi) is 2.87. The number of nitrogens with zero attached hydrogens (tertiary/aromatic N) is 2. The second-order valence-corrected chi connectivity index (χ2v) is 4.49. The van der Waals surface area contributed by atoms with Crippen LogP contribution in [0.5, 0.6) is 0 Å². The zero-order valence-corrected chi connectivity index (χ0v) is 10.2. The fraction of sp³-hybridized carbons (Fsp3) is 0.364. The van der Waals surface area contributed by atoms with Gasteiger partial charge < -0.3 is 4.74 Å². The van der Waals surface area contributed by atoms with Crippen molar-refractivity contribution in [1.29, 1.82) is 0 Å².